The summed E-state index contributed by atoms with van der Waals surface area (Å²) < 4.78 is 22.4. The summed E-state index contributed by atoms with van der Waals surface area (Å²) in [6.45, 7) is 7.11. The third-order valence-electron chi connectivity index (χ3n) is 7.74. The summed E-state index contributed by atoms with van der Waals surface area (Å²) >= 11 is 1.18. The van der Waals surface area contributed by atoms with E-state index in [0.717, 1.165) is 0 Å². The molecule has 2 heterocycles. The Balaban J connectivity index is 2.18. The molecular weight excluding hydrogens is 590 g/mol. The van der Waals surface area contributed by atoms with Crippen LogP contribution in [0.15, 0.2) is 40.3 Å². The molecule has 12 nitrogen and oxygen atoms in total. The molecule has 1 aromatic rings. The molecule has 0 aromatic heterocycles. The highest BCUT2D eigenvalue weighted by Crippen LogP contribution is 2.52. The summed E-state index contributed by atoms with van der Waals surface area (Å²) in [5, 5.41) is 28.5. The second kappa shape index (κ2) is 15.5. The third kappa shape index (κ3) is 8.14. The fourth-order valence-electron chi connectivity index (χ4n) is 5.44. The Kier molecular flexibility index (Phi) is 12.3. The number of thioether (sulfide) groups is 1. The molecule has 242 valence electrons. The lowest BCUT2D eigenvalue weighted by molar-refractivity contribution is -0.114. The zero-order chi connectivity index (χ0) is 32.7. The molecule has 0 saturated carbocycles. The number of phenolic OH excluding ortho intramolecular Hbond substituents is 1. The molecule has 1 aromatic carbocycles. The van der Waals surface area contributed by atoms with Crippen LogP contribution in [0.5, 0.6) is 11.5 Å². The Bertz CT molecular complexity index is 1340. The Hall–Kier alpha value is -3.52. The molecule has 2 aliphatic rings. The number of aromatic hydroxyl groups is 1. The quantitative estimate of drug-likeness (QED) is 0.185. The maximum Gasteiger partial charge on any atom is 0.405 e. The predicted molar refractivity (Wildman–Crippen MR) is 168 cm³/mol. The van der Waals surface area contributed by atoms with E-state index in [9.17, 15) is 24.6 Å². The van der Waals surface area contributed by atoms with Gasteiger partial charge in [0.2, 0.25) is 5.91 Å². The van der Waals surface area contributed by atoms with Gasteiger partial charge in [-0.3, -0.25) is 9.59 Å². The number of methoxy groups -OCH3 is 3. The first-order valence-corrected chi connectivity index (χ1v) is 15.2. The fraction of sp³-hybridized carbons (Fsp3) is 0.516. The summed E-state index contributed by atoms with van der Waals surface area (Å²) in [6.07, 6.45) is 3.00. The lowest BCUT2D eigenvalue weighted by Gasteiger charge is -2.30. The molecule has 2 aliphatic heterocycles. The van der Waals surface area contributed by atoms with E-state index in [1.807, 2.05) is 13.8 Å². The van der Waals surface area contributed by atoms with Crippen molar-refractivity contribution in [2.24, 2.45) is 17.6 Å². The molecule has 0 fully saturated rings. The van der Waals surface area contributed by atoms with Crippen molar-refractivity contribution >= 4 is 41.0 Å². The van der Waals surface area contributed by atoms with Crippen molar-refractivity contribution < 1.29 is 43.5 Å². The number of fused-ring (bicyclic) bond motifs is 4. The van der Waals surface area contributed by atoms with Crippen LogP contribution in [0.25, 0.3) is 0 Å². The highest BCUT2D eigenvalue weighted by Gasteiger charge is 2.33. The molecular formula is C31H43N3O9S. The molecule has 13 heteroatoms. The van der Waals surface area contributed by atoms with Gasteiger partial charge in [-0.15, -0.1) is 11.8 Å². The standard InChI is InChI=1S/C31H43N3O9S/c1-15-11-19-26(37)23(29-24(28(19)42-7)33-22(35)14-44-29)34-30(38)16(2)9-8-10-20(40-5)27(43-31(32)39)18(4)13-17(3)25(36)21(12-15)41-6/h8-10,13,15,17,20-21,25,27,36-37H,11-12,14H2,1-7H3,(H2,32,39)(H,33,35)(H,34,38). The first-order valence-electron chi connectivity index (χ1n) is 14.3. The number of hydrogen-bond acceptors (Lipinski definition) is 10. The van der Waals surface area contributed by atoms with Gasteiger partial charge < -0.3 is 45.5 Å². The first kappa shape index (κ1) is 35.0. The number of nitrogens with one attached hydrogen (secondary N) is 2. The van der Waals surface area contributed by atoms with E-state index in [-0.39, 0.29) is 35.4 Å². The predicted octanol–water partition coefficient (Wildman–Crippen LogP) is 3.91. The summed E-state index contributed by atoms with van der Waals surface area (Å²) in [4.78, 5) is 38.0. The largest absolute Gasteiger partial charge is 0.505 e. The van der Waals surface area contributed by atoms with Crippen molar-refractivity contribution in [2.75, 3.05) is 37.7 Å². The molecule has 0 radical (unpaired) electrons. The van der Waals surface area contributed by atoms with E-state index in [1.54, 1.807) is 38.2 Å². The zero-order valence-electron chi connectivity index (χ0n) is 26.1. The smallest absolute Gasteiger partial charge is 0.405 e. The Morgan fingerprint density at radius 3 is 2.41 bits per heavy atom. The van der Waals surface area contributed by atoms with Crippen molar-refractivity contribution in [3.8, 4) is 11.5 Å². The number of phenols is 1. The van der Waals surface area contributed by atoms with Gasteiger partial charge in [0.05, 0.1) is 41.3 Å². The number of ether oxygens (including phenoxy) is 4. The highest BCUT2D eigenvalue weighted by atomic mass is 32.2. The van der Waals surface area contributed by atoms with Gasteiger partial charge in [0.15, 0.2) is 11.9 Å². The number of rotatable bonds is 4. The average molecular weight is 634 g/mol. The van der Waals surface area contributed by atoms with E-state index < -0.39 is 42.3 Å². The van der Waals surface area contributed by atoms with Crippen LogP contribution in [0.4, 0.5) is 16.2 Å². The SMILES string of the molecule is COc1c2c(O)c(c3c1NC(=O)CS3)NC(=O)C(C)=CC=CC(OC)C(OC(N)=O)C(C)=CC(C)C(O)C(OC)CC(C)C2. The van der Waals surface area contributed by atoms with Crippen LogP contribution in [0.1, 0.15) is 39.7 Å². The number of carbonyl (C=O) groups is 3. The van der Waals surface area contributed by atoms with Crippen molar-refractivity contribution in [1.82, 2.24) is 0 Å². The summed E-state index contributed by atoms with van der Waals surface area (Å²) in [5.41, 5.74) is 7.21. The molecule has 6 atom stereocenters. The monoisotopic (exact) mass is 633 g/mol. The molecule has 3 amide bonds. The summed E-state index contributed by atoms with van der Waals surface area (Å²) in [6, 6.07) is 0. The third-order valence-corrected chi connectivity index (χ3v) is 8.84. The van der Waals surface area contributed by atoms with Crippen LogP contribution in [0.3, 0.4) is 0 Å². The molecule has 3 rings (SSSR count). The molecule has 6 unspecified atom stereocenters. The topological polar surface area (TPSA) is 179 Å². The molecule has 0 aliphatic carbocycles. The van der Waals surface area contributed by atoms with Crippen LogP contribution in [-0.4, -0.2) is 79.6 Å². The molecule has 2 bridgehead atoms. The first-order chi connectivity index (χ1) is 20.8. The van der Waals surface area contributed by atoms with Gasteiger partial charge in [-0.1, -0.05) is 38.2 Å². The number of hydrogen-bond donors (Lipinski definition) is 5. The number of benzene rings is 1. The maximum absolute atomic E-state index is 13.3. The van der Waals surface area contributed by atoms with E-state index in [4.69, 9.17) is 24.7 Å². The van der Waals surface area contributed by atoms with E-state index in [1.165, 1.54) is 33.1 Å². The second-order valence-corrected chi connectivity index (χ2v) is 12.1. The number of carbonyl (C=O) groups excluding carboxylic acids is 3. The van der Waals surface area contributed by atoms with Crippen LogP contribution in [-0.2, 0) is 30.2 Å². The number of aliphatic hydroxyl groups excluding tert-OH is 1. The van der Waals surface area contributed by atoms with Crippen LogP contribution < -0.4 is 21.1 Å². The minimum atomic E-state index is -0.992. The number of nitrogens with two attached hydrogens (primary N) is 1. The van der Waals surface area contributed by atoms with E-state index in [2.05, 4.69) is 10.6 Å². The van der Waals surface area contributed by atoms with Gasteiger partial charge in [-0.05, 0) is 38.2 Å². The van der Waals surface area contributed by atoms with Crippen LogP contribution in [0, 0.1) is 11.8 Å². The molecule has 44 heavy (non-hydrogen) atoms. The lowest BCUT2D eigenvalue weighted by atomic mass is 9.87. The lowest BCUT2D eigenvalue weighted by Crippen LogP contribution is -2.37. The van der Waals surface area contributed by atoms with Crippen LogP contribution >= 0.6 is 11.8 Å². The summed E-state index contributed by atoms with van der Waals surface area (Å²) in [5.74, 6) is -1.08. The average Bonchev–Trinajstić information content (AvgIpc) is 2.98. The van der Waals surface area contributed by atoms with Gasteiger partial charge in [-0.2, -0.15) is 0 Å². The number of allylic oxidation sites excluding steroid dienone is 2. The minimum absolute atomic E-state index is 0.0950. The van der Waals surface area contributed by atoms with Gasteiger partial charge in [-0.25, -0.2) is 4.79 Å². The molecule has 0 saturated heterocycles. The van der Waals surface area contributed by atoms with Gasteiger partial charge in [0.25, 0.3) is 5.91 Å². The Morgan fingerprint density at radius 1 is 1.09 bits per heavy atom. The Morgan fingerprint density at radius 2 is 1.80 bits per heavy atom. The van der Waals surface area contributed by atoms with E-state index >= 15 is 0 Å². The number of aliphatic hydroxyl groups is 1. The van der Waals surface area contributed by atoms with Crippen LogP contribution in [0.2, 0.25) is 0 Å². The number of anilines is 2. The van der Waals surface area contributed by atoms with Gasteiger partial charge in [0, 0.05) is 31.3 Å². The maximum atomic E-state index is 13.3. The number of primary amides is 1. The van der Waals surface area contributed by atoms with Crippen molar-refractivity contribution in [1.29, 1.82) is 0 Å². The zero-order valence-corrected chi connectivity index (χ0v) is 26.9. The Labute approximate surface area is 262 Å². The van der Waals surface area contributed by atoms with E-state index in [0.29, 0.717) is 39.5 Å². The molecule has 0 spiro atoms. The molecule has 6 N–H and O–H groups in total. The number of amides is 3. The van der Waals surface area contributed by atoms with Crippen molar-refractivity contribution in [2.45, 2.75) is 69.8 Å². The second-order valence-electron chi connectivity index (χ2n) is 11.1. The highest BCUT2D eigenvalue weighted by molar-refractivity contribution is 8.00. The van der Waals surface area contributed by atoms with Crippen molar-refractivity contribution in [3.63, 3.8) is 0 Å². The van der Waals surface area contributed by atoms with Crippen molar-refractivity contribution in [3.05, 3.63) is 41.0 Å². The minimum Gasteiger partial charge on any atom is -0.505 e. The summed E-state index contributed by atoms with van der Waals surface area (Å²) in [7, 11) is 4.41. The normalized spacial score (nSPS) is 26.9. The van der Waals surface area contributed by atoms with Gasteiger partial charge >= 0.3 is 6.09 Å². The fourth-order valence-corrected chi connectivity index (χ4v) is 6.37. The van der Waals surface area contributed by atoms with Gasteiger partial charge in [0.1, 0.15) is 11.9 Å².